The number of amides is 1. The second-order valence-electron chi connectivity index (χ2n) is 5.75. The summed E-state index contributed by atoms with van der Waals surface area (Å²) < 4.78 is 1.78. The van der Waals surface area contributed by atoms with E-state index in [1.54, 1.807) is 4.68 Å². The molecule has 0 saturated heterocycles. The summed E-state index contributed by atoms with van der Waals surface area (Å²) in [5.74, 6) is 0.102. The van der Waals surface area contributed by atoms with Crippen LogP contribution in [-0.4, -0.2) is 39.7 Å². The summed E-state index contributed by atoms with van der Waals surface area (Å²) >= 11 is 0. The molecule has 0 radical (unpaired) electrons. The highest BCUT2D eigenvalue weighted by Gasteiger charge is 2.29. The molecule has 5 nitrogen and oxygen atoms in total. The first kappa shape index (κ1) is 15.0. The van der Waals surface area contributed by atoms with Gasteiger partial charge in [-0.05, 0) is 26.7 Å². The van der Waals surface area contributed by atoms with Crippen molar-refractivity contribution in [1.29, 1.82) is 0 Å². The minimum Gasteiger partial charge on any atom is -0.334 e. The van der Waals surface area contributed by atoms with Gasteiger partial charge in [-0.15, -0.1) is 0 Å². The number of nitrogens with two attached hydrogens (primary N) is 1. The lowest BCUT2D eigenvalue weighted by molar-refractivity contribution is 0.0640. The molecule has 5 heteroatoms. The van der Waals surface area contributed by atoms with E-state index in [1.807, 2.05) is 25.8 Å². The molecule has 0 bridgehead atoms. The Hall–Kier alpha value is -1.36. The van der Waals surface area contributed by atoms with E-state index < -0.39 is 0 Å². The first-order chi connectivity index (χ1) is 9.56. The van der Waals surface area contributed by atoms with Crippen LogP contribution in [0.4, 0.5) is 0 Å². The number of hydrogen-bond acceptors (Lipinski definition) is 3. The average Bonchev–Trinajstić information content (AvgIpc) is 2.70. The Kier molecular flexibility index (Phi) is 4.81. The van der Waals surface area contributed by atoms with Gasteiger partial charge < -0.3 is 10.6 Å². The predicted octanol–water partition coefficient (Wildman–Crippen LogP) is 1.77. The fourth-order valence-electron chi connectivity index (χ4n) is 3.21. The monoisotopic (exact) mass is 278 g/mol. The van der Waals surface area contributed by atoms with Gasteiger partial charge >= 0.3 is 0 Å². The number of aromatic nitrogens is 2. The highest BCUT2D eigenvalue weighted by atomic mass is 16.2. The van der Waals surface area contributed by atoms with Gasteiger partial charge in [0.2, 0.25) is 0 Å². The molecule has 2 rings (SSSR count). The second kappa shape index (κ2) is 6.39. The highest BCUT2D eigenvalue weighted by Crippen LogP contribution is 2.25. The van der Waals surface area contributed by atoms with Gasteiger partial charge in [0, 0.05) is 31.9 Å². The van der Waals surface area contributed by atoms with E-state index in [0.29, 0.717) is 19.1 Å². The molecule has 1 saturated carbocycles. The molecule has 112 valence electrons. The molecule has 0 aliphatic heterocycles. The van der Waals surface area contributed by atoms with E-state index in [9.17, 15) is 4.79 Å². The summed E-state index contributed by atoms with van der Waals surface area (Å²) in [6.07, 6.45) is 5.91. The van der Waals surface area contributed by atoms with Gasteiger partial charge in [0.05, 0.1) is 11.3 Å². The summed E-state index contributed by atoms with van der Waals surface area (Å²) in [6.45, 7) is 5.01. The number of hydrogen-bond donors (Lipinski definition) is 1. The van der Waals surface area contributed by atoms with Crippen molar-refractivity contribution in [3.63, 3.8) is 0 Å². The molecule has 0 spiro atoms. The van der Waals surface area contributed by atoms with Crippen LogP contribution in [0.1, 0.15) is 53.8 Å². The smallest absolute Gasteiger partial charge is 0.257 e. The zero-order valence-electron chi connectivity index (χ0n) is 12.9. The quantitative estimate of drug-likeness (QED) is 0.913. The number of rotatable bonds is 4. The molecule has 0 unspecified atom stereocenters. The van der Waals surface area contributed by atoms with Crippen LogP contribution in [0.15, 0.2) is 0 Å². The largest absolute Gasteiger partial charge is 0.334 e. The average molecular weight is 278 g/mol. The van der Waals surface area contributed by atoms with Gasteiger partial charge in [-0.2, -0.15) is 5.10 Å². The molecule has 0 aromatic carbocycles. The van der Waals surface area contributed by atoms with Gasteiger partial charge in [-0.1, -0.05) is 19.3 Å². The third kappa shape index (κ3) is 2.87. The van der Waals surface area contributed by atoms with Crippen LogP contribution < -0.4 is 5.73 Å². The van der Waals surface area contributed by atoms with Gasteiger partial charge in [-0.3, -0.25) is 9.48 Å². The molecule has 20 heavy (non-hydrogen) atoms. The predicted molar refractivity (Wildman–Crippen MR) is 79.6 cm³/mol. The lowest BCUT2D eigenvalue weighted by Gasteiger charge is -2.34. The molecule has 1 aliphatic carbocycles. The molecular formula is C15H26N4O. The van der Waals surface area contributed by atoms with Crippen molar-refractivity contribution >= 4 is 5.91 Å². The first-order valence-corrected chi connectivity index (χ1v) is 7.57. The number of nitrogens with zero attached hydrogens (tertiary/aromatic N) is 3. The van der Waals surface area contributed by atoms with E-state index >= 15 is 0 Å². The maximum atomic E-state index is 12.9. The number of aryl methyl sites for hydroxylation is 2. The zero-order chi connectivity index (χ0) is 14.7. The van der Waals surface area contributed by atoms with E-state index in [1.165, 1.54) is 19.3 Å². The standard InChI is InChI=1S/C15H26N4O/c1-11-14(12(2)18(3)17-11)15(20)19(10-9-16)13-7-5-4-6-8-13/h13H,4-10,16H2,1-3H3. The summed E-state index contributed by atoms with van der Waals surface area (Å²) in [5, 5.41) is 4.36. The van der Waals surface area contributed by atoms with Crippen molar-refractivity contribution < 1.29 is 4.79 Å². The van der Waals surface area contributed by atoms with E-state index in [0.717, 1.165) is 29.8 Å². The van der Waals surface area contributed by atoms with Crippen LogP contribution in [0, 0.1) is 13.8 Å². The van der Waals surface area contributed by atoms with Crippen molar-refractivity contribution in [3.05, 3.63) is 17.0 Å². The lowest BCUT2D eigenvalue weighted by Crippen LogP contribution is -2.44. The molecule has 1 aromatic heterocycles. The molecule has 1 heterocycles. The molecule has 2 N–H and O–H groups in total. The molecule has 1 aromatic rings. The van der Waals surface area contributed by atoms with Crippen LogP contribution in [0.25, 0.3) is 0 Å². The van der Waals surface area contributed by atoms with Crippen molar-refractivity contribution in [3.8, 4) is 0 Å². The Morgan fingerprint density at radius 3 is 2.50 bits per heavy atom. The molecule has 0 atom stereocenters. The van der Waals surface area contributed by atoms with Crippen LogP contribution in [0.3, 0.4) is 0 Å². The maximum Gasteiger partial charge on any atom is 0.257 e. The van der Waals surface area contributed by atoms with Crippen LogP contribution >= 0.6 is 0 Å². The molecular weight excluding hydrogens is 252 g/mol. The van der Waals surface area contributed by atoms with Crippen molar-refractivity contribution in [1.82, 2.24) is 14.7 Å². The Morgan fingerprint density at radius 2 is 2.00 bits per heavy atom. The first-order valence-electron chi connectivity index (χ1n) is 7.57. The molecule has 1 aliphatic rings. The topological polar surface area (TPSA) is 64.2 Å². The molecule has 1 fully saturated rings. The third-order valence-corrected chi connectivity index (χ3v) is 4.37. The fraction of sp³-hybridized carbons (Fsp3) is 0.733. The van der Waals surface area contributed by atoms with E-state index in [-0.39, 0.29) is 5.91 Å². The van der Waals surface area contributed by atoms with Crippen molar-refractivity contribution in [2.24, 2.45) is 12.8 Å². The summed E-state index contributed by atoms with van der Waals surface area (Å²) in [7, 11) is 1.88. The zero-order valence-corrected chi connectivity index (χ0v) is 12.9. The summed E-state index contributed by atoms with van der Waals surface area (Å²) in [6, 6.07) is 0.346. The third-order valence-electron chi connectivity index (χ3n) is 4.37. The van der Waals surface area contributed by atoms with Gasteiger partial charge in [-0.25, -0.2) is 0 Å². The van der Waals surface area contributed by atoms with Gasteiger partial charge in [0.25, 0.3) is 5.91 Å². The summed E-state index contributed by atoms with van der Waals surface area (Å²) in [5.41, 5.74) is 8.22. The van der Waals surface area contributed by atoms with Crippen molar-refractivity contribution in [2.45, 2.75) is 52.0 Å². The maximum absolute atomic E-state index is 12.9. The summed E-state index contributed by atoms with van der Waals surface area (Å²) in [4.78, 5) is 14.9. The Morgan fingerprint density at radius 1 is 1.35 bits per heavy atom. The SMILES string of the molecule is Cc1nn(C)c(C)c1C(=O)N(CCN)C1CCCCC1. The van der Waals surface area contributed by atoms with Crippen molar-refractivity contribution in [2.75, 3.05) is 13.1 Å². The Balaban J connectivity index is 2.26. The minimum absolute atomic E-state index is 0.102. The van der Waals surface area contributed by atoms with Gasteiger partial charge in [0.1, 0.15) is 0 Å². The number of carbonyl (C=O) groups is 1. The lowest BCUT2D eigenvalue weighted by atomic mass is 9.93. The minimum atomic E-state index is 0.102. The van der Waals surface area contributed by atoms with Crippen LogP contribution in [0.5, 0.6) is 0 Å². The molecule has 1 amide bonds. The normalized spacial score (nSPS) is 16.4. The van der Waals surface area contributed by atoms with Crippen LogP contribution in [0.2, 0.25) is 0 Å². The Bertz CT molecular complexity index is 474. The van der Waals surface area contributed by atoms with Crippen LogP contribution in [-0.2, 0) is 7.05 Å². The number of carbonyl (C=O) groups excluding carboxylic acids is 1. The highest BCUT2D eigenvalue weighted by molar-refractivity contribution is 5.96. The second-order valence-corrected chi connectivity index (χ2v) is 5.75. The fourth-order valence-corrected chi connectivity index (χ4v) is 3.21. The van der Waals surface area contributed by atoms with E-state index in [4.69, 9.17) is 5.73 Å². The van der Waals surface area contributed by atoms with Gasteiger partial charge in [0.15, 0.2) is 0 Å². The Labute approximate surface area is 121 Å². The van der Waals surface area contributed by atoms with E-state index in [2.05, 4.69) is 5.10 Å².